The normalized spacial score (nSPS) is 18.2. The fourth-order valence-electron chi connectivity index (χ4n) is 4.66. The van der Waals surface area contributed by atoms with Gasteiger partial charge in [-0.15, -0.1) is 0 Å². The van der Waals surface area contributed by atoms with E-state index in [1.807, 2.05) is 0 Å². The van der Waals surface area contributed by atoms with E-state index in [9.17, 15) is 23.9 Å². The summed E-state index contributed by atoms with van der Waals surface area (Å²) in [5, 5.41) is 11.5. The second-order valence-corrected chi connectivity index (χ2v) is 8.30. The second kappa shape index (κ2) is 7.63. The number of ether oxygens (including phenoxy) is 3. The van der Waals surface area contributed by atoms with E-state index < -0.39 is 28.9 Å². The highest BCUT2D eigenvalue weighted by molar-refractivity contribution is 5.90. The van der Waals surface area contributed by atoms with Gasteiger partial charge in [-0.25, -0.2) is 14.2 Å². The van der Waals surface area contributed by atoms with Gasteiger partial charge in [0, 0.05) is 35.1 Å². The van der Waals surface area contributed by atoms with Gasteiger partial charge < -0.3 is 23.9 Å². The molecule has 2 aromatic heterocycles. The van der Waals surface area contributed by atoms with Gasteiger partial charge in [0.1, 0.15) is 13.2 Å². The average Bonchev–Trinajstić information content (AvgIpc) is 3.17. The number of halogens is 1. The predicted molar refractivity (Wildman–Crippen MR) is 117 cm³/mol. The number of aromatic nitrogens is 2. The fourth-order valence-corrected chi connectivity index (χ4v) is 4.66. The van der Waals surface area contributed by atoms with Crippen molar-refractivity contribution in [1.82, 2.24) is 9.55 Å². The molecule has 10 heteroatoms. The Balaban J connectivity index is 1.81. The van der Waals surface area contributed by atoms with Gasteiger partial charge >= 0.3 is 11.9 Å². The monoisotopic (exact) mass is 468 g/mol. The molecule has 0 aliphatic carbocycles. The number of aliphatic hydroxyl groups is 1. The van der Waals surface area contributed by atoms with Crippen LogP contribution in [0.5, 0.6) is 5.75 Å². The summed E-state index contributed by atoms with van der Waals surface area (Å²) < 4.78 is 31.4. The van der Waals surface area contributed by atoms with E-state index in [0.29, 0.717) is 27.9 Å². The van der Waals surface area contributed by atoms with Crippen LogP contribution in [0.15, 0.2) is 23.0 Å². The maximum atomic E-state index is 14.5. The van der Waals surface area contributed by atoms with E-state index in [4.69, 9.17) is 14.2 Å². The van der Waals surface area contributed by atoms with Gasteiger partial charge in [0.15, 0.2) is 17.2 Å². The lowest BCUT2D eigenvalue weighted by Crippen LogP contribution is -2.44. The number of hydrogen-bond acceptors (Lipinski definition) is 8. The molecule has 3 aromatic rings. The number of carbonyl (C=O) groups excluding carboxylic acids is 2. The van der Waals surface area contributed by atoms with Crippen LogP contribution in [0.2, 0.25) is 0 Å². The van der Waals surface area contributed by atoms with Crippen LogP contribution in [0.4, 0.5) is 4.39 Å². The summed E-state index contributed by atoms with van der Waals surface area (Å²) in [5.41, 5.74) is 0.223. The van der Waals surface area contributed by atoms with Crippen molar-refractivity contribution in [3.05, 3.63) is 56.6 Å². The largest absolute Gasteiger partial charge is 0.494 e. The Bertz CT molecular complexity index is 1460. The smallest absolute Gasteiger partial charge is 0.343 e. The zero-order valence-electron chi connectivity index (χ0n) is 18.7. The first kappa shape index (κ1) is 22.0. The van der Waals surface area contributed by atoms with E-state index in [-0.39, 0.29) is 48.6 Å². The molecular formula is C24H21FN2O7. The molecule has 34 heavy (non-hydrogen) atoms. The van der Waals surface area contributed by atoms with Crippen LogP contribution in [0.1, 0.15) is 42.5 Å². The quantitative estimate of drug-likeness (QED) is 0.454. The average molecular weight is 468 g/mol. The molecule has 0 saturated heterocycles. The summed E-state index contributed by atoms with van der Waals surface area (Å²) in [5.74, 6) is -1.93. The van der Waals surface area contributed by atoms with Crippen LogP contribution in [0, 0.1) is 5.82 Å². The molecule has 1 atom stereocenters. The number of hydrogen-bond donors (Lipinski definition) is 1. The molecule has 9 nitrogen and oxygen atoms in total. The Morgan fingerprint density at radius 1 is 1.29 bits per heavy atom. The summed E-state index contributed by atoms with van der Waals surface area (Å²) in [6.45, 7) is 2.65. The first-order chi connectivity index (χ1) is 16.2. The summed E-state index contributed by atoms with van der Waals surface area (Å²) in [7, 11) is 1.34. The van der Waals surface area contributed by atoms with Gasteiger partial charge in [-0.3, -0.25) is 9.59 Å². The SMILES string of the molecule is CC[C@@]1(O)C(=O)OCc2c1cc1n(c2=O)Cc2c-1nc1cc(F)c(OC)cc1c2COC(C)=O. The first-order valence-electron chi connectivity index (χ1n) is 10.7. The van der Waals surface area contributed by atoms with E-state index in [2.05, 4.69) is 4.98 Å². The van der Waals surface area contributed by atoms with Crippen molar-refractivity contribution >= 4 is 22.8 Å². The Morgan fingerprint density at radius 3 is 2.74 bits per heavy atom. The minimum Gasteiger partial charge on any atom is -0.494 e. The number of carbonyl (C=O) groups is 2. The van der Waals surface area contributed by atoms with Crippen molar-refractivity contribution in [3.63, 3.8) is 0 Å². The van der Waals surface area contributed by atoms with Gasteiger partial charge in [-0.2, -0.15) is 0 Å². The van der Waals surface area contributed by atoms with Gasteiger partial charge in [-0.1, -0.05) is 6.92 Å². The van der Waals surface area contributed by atoms with Crippen molar-refractivity contribution in [3.8, 4) is 17.1 Å². The number of cyclic esters (lactones) is 1. The highest BCUT2D eigenvalue weighted by Gasteiger charge is 2.45. The van der Waals surface area contributed by atoms with Crippen molar-refractivity contribution in [2.45, 2.75) is 45.6 Å². The number of fused-ring (bicyclic) bond motifs is 5. The van der Waals surface area contributed by atoms with Crippen LogP contribution in [-0.4, -0.2) is 33.7 Å². The van der Waals surface area contributed by atoms with E-state index >= 15 is 0 Å². The third-order valence-electron chi connectivity index (χ3n) is 6.50. The minimum absolute atomic E-state index is 0.00476. The fraction of sp³-hybridized carbons (Fsp3) is 0.333. The molecular weight excluding hydrogens is 447 g/mol. The maximum absolute atomic E-state index is 14.5. The molecule has 4 heterocycles. The van der Waals surface area contributed by atoms with Crippen LogP contribution >= 0.6 is 0 Å². The lowest BCUT2D eigenvalue weighted by Gasteiger charge is -2.31. The lowest BCUT2D eigenvalue weighted by molar-refractivity contribution is -0.172. The standard InChI is InChI=1S/C24H21FN2O7/c1-4-24(31)16-6-19-21-13(8-27(19)22(29)15(16)10-34-23(24)30)14(9-33-11(2)28)12-5-20(32-3)17(25)7-18(12)26-21/h5-7,31H,4,8-10H2,1-3H3/t24-/m0/s1. The van der Waals surface area contributed by atoms with Gasteiger partial charge in [0.2, 0.25) is 0 Å². The molecule has 1 N–H and O–H groups in total. The summed E-state index contributed by atoms with van der Waals surface area (Å²) in [6, 6.07) is 4.27. The molecule has 1 aromatic carbocycles. The number of benzene rings is 1. The lowest BCUT2D eigenvalue weighted by atomic mass is 9.86. The molecule has 5 rings (SSSR count). The molecule has 2 aliphatic heterocycles. The summed E-state index contributed by atoms with van der Waals surface area (Å²) in [6.07, 6.45) is 0.0163. The van der Waals surface area contributed by atoms with Crippen molar-refractivity contribution in [2.24, 2.45) is 0 Å². The van der Waals surface area contributed by atoms with Crippen molar-refractivity contribution < 1.29 is 33.3 Å². The van der Waals surface area contributed by atoms with Gasteiger partial charge in [0.05, 0.1) is 36.1 Å². The van der Waals surface area contributed by atoms with Gasteiger partial charge in [0.25, 0.3) is 5.56 Å². The Morgan fingerprint density at radius 2 is 2.06 bits per heavy atom. The summed E-state index contributed by atoms with van der Waals surface area (Å²) in [4.78, 5) is 41.9. The van der Waals surface area contributed by atoms with Crippen molar-refractivity contribution in [1.29, 1.82) is 0 Å². The number of esters is 2. The molecule has 0 amide bonds. The molecule has 0 radical (unpaired) electrons. The third-order valence-corrected chi connectivity index (χ3v) is 6.50. The first-order valence-corrected chi connectivity index (χ1v) is 10.7. The molecule has 176 valence electrons. The molecule has 0 fully saturated rings. The molecule has 0 saturated carbocycles. The number of methoxy groups -OCH3 is 1. The van der Waals surface area contributed by atoms with Crippen LogP contribution in [0.25, 0.3) is 22.3 Å². The molecule has 0 unspecified atom stereocenters. The molecule has 2 aliphatic rings. The summed E-state index contributed by atoms with van der Waals surface area (Å²) >= 11 is 0. The Hall–Kier alpha value is -3.79. The van der Waals surface area contributed by atoms with Crippen LogP contribution < -0.4 is 10.3 Å². The van der Waals surface area contributed by atoms with Crippen LogP contribution in [0.3, 0.4) is 0 Å². The van der Waals surface area contributed by atoms with E-state index in [0.717, 1.165) is 0 Å². The zero-order chi connectivity index (χ0) is 24.4. The minimum atomic E-state index is -1.96. The Labute approximate surface area is 192 Å². The highest BCUT2D eigenvalue weighted by atomic mass is 19.1. The maximum Gasteiger partial charge on any atom is 0.343 e. The number of pyridine rings is 2. The number of rotatable bonds is 4. The van der Waals surface area contributed by atoms with Gasteiger partial charge in [-0.05, 0) is 18.6 Å². The second-order valence-electron chi connectivity index (χ2n) is 8.30. The van der Waals surface area contributed by atoms with E-state index in [1.165, 1.54) is 30.7 Å². The number of nitrogens with zero attached hydrogens (tertiary/aromatic N) is 2. The molecule has 0 spiro atoms. The van der Waals surface area contributed by atoms with Crippen LogP contribution in [-0.2, 0) is 44.4 Å². The van der Waals surface area contributed by atoms with Crippen molar-refractivity contribution in [2.75, 3.05) is 7.11 Å². The molecule has 0 bridgehead atoms. The topological polar surface area (TPSA) is 117 Å². The predicted octanol–water partition coefficient (Wildman–Crippen LogP) is 2.29. The highest BCUT2D eigenvalue weighted by Crippen LogP contribution is 2.41. The Kier molecular flexibility index (Phi) is 4.94. The third kappa shape index (κ3) is 3.02. The van der Waals surface area contributed by atoms with E-state index in [1.54, 1.807) is 13.0 Å². The zero-order valence-corrected chi connectivity index (χ0v) is 18.7.